The second-order valence-electron chi connectivity index (χ2n) is 2.71. The van der Waals surface area contributed by atoms with Crippen LogP contribution in [-0.2, 0) is 0 Å². The summed E-state index contributed by atoms with van der Waals surface area (Å²) in [7, 11) is 0. The van der Waals surface area contributed by atoms with Gasteiger partial charge in [-0.3, -0.25) is 4.79 Å². The van der Waals surface area contributed by atoms with Gasteiger partial charge in [-0.2, -0.15) is 0 Å². The van der Waals surface area contributed by atoms with Crippen molar-refractivity contribution in [3.05, 3.63) is 45.9 Å². The van der Waals surface area contributed by atoms with E-state index in [1.165, 1.54) is 0 Å². The summed E-state index contributed by atoms with van der Waals surface area (Å²) in [5, 5.41) is 3.04. The lowest BCUT2D eigenvalue weighted by molar-refractivity contribution is 0.0957. The molecule has 0 aromatic heterocycles. The summed E-state index contributed by atoms with van der Waals surface area (Å²) in [5.74, 6) is -0.159. The molecule has 0 aliphatic carbocycles. The fourth-order valence-corrected chi connectivity index (χ4v) is 1.37. The zero-order valence-corrected chi connectivity index (χ0v) is 9.73. The Labute approximate surface area is 96.1 Å². The third-order valence-electron chi connectivity index (χ3n) is 1.53. The normalized spacial score (nSPS) is 9.57. The average molecular weight is 275 g/mol. The fraction of sp³-hybridized carbons (Fsp3) is 0.100. The molecule has 14 heavy (non-hydrogen) atoms. The van der Waals surface area contributed by atoms with Crippen LogP contribution in [0.1, 0.15) is 10.4 Å². The minimum atomic E-state index is -0.159. The smallest absolute Gasteiger partial charge is 0.251 e. The molecule has 0 aliphatic heterocycles. The number of hydrogen-bond acceptors (Lipinski definition) is 1. The van der Waals surface area contributed by atoms with E-state index >= 15 is 0 Å². The minimum absolute atomic E-state index is 0.159. The largest absolute Gasteiger partial charge is 0.347 e. The summed E-state index contributed by atoms with van der Waals surface area (Å²) >= 11 is 8.81. The molecule has 0 radical (unpaired) electrons. The topological polar surface area (TPSA) is 29.1 Å². The van der Waals surface area contributed by atoms with E-state index < -0.39 is 0 Å². The van der Waals surface area contributed by atoms with Crippen LogP contribution in [0.25, 0.3) is 0 Å². The Hall–Kier alpha value is -0.800. The number of carbonyl (C=O) groups excluding carboxylic acids is 1. The molecule has 4 heteroatoms. The monoisotopic (exact) mass is 273 g/mol. The highest BCUT2D eigenvalue weighted by Gasteiger charge is 2.04. The van der Waals surface area contributed by atoms with E-state index in [1.807, 2.05) is 6.07 Å². The summed E-state index contributed by atoms with van der Waals surface area (Å²) < 4.78 is 0.870. The van der Waals surface area contributed by atoms with Crippen molar-refractivity contribution in [3.8, 4) is 0 Å². The van der Waals surface area contributed by atoms with Crippen LogP contribution in [0.5, 0.6) is 0 Å². The number of hydrogen-bond donors (Lipinski definition) is 1. The molecule has 0 saturated heterocycles. The van der Waals surface area contributed by atoms with Crippen LogP contribution in [-0.4, -0.2) is 12.5 Å². The summed E-state index contributed by atoms with van der Waals surface area (Å²) in [6.45, 7) is 3.76. The second-order valence-corrected chi connectivity index (χ2v) is 4.16. The van der Waals surface area contributed by atoms with Gasteiger partial charge in [-0.15, -0.1) is 0 Å². The van der Waals surface area contributed by atoms with E-state index in [0.717, 1.165) is 4.47 Å². The van der Waals surface area contributed by atoms with Crippen molar-refractivity contribution in [3.63, 3.8) is 0 Å². The Morgan fingerprint density at radius 2 is 2.29 bits per heavy atom. The van der Waals surface area contributed by atoms with Gasteiger partial charge in [0.25, 0.3) is 5.91 Å². The Balaban J connectivity index is 2.65. The Kier molecular flexibility index (Phi) is 4.17. The van der Waals surface area contributed by atoms with Gasteiger partial charge in [-0.1, -0.05) is 40.2 Å². The lowest BCUT2D eigenvalue weighted by Crippen LogP contribution is -2.24. The highest BCUT2D eigenvalue weighted by molar-refractivity contribution is 9.10. The average Bonchev–Trinajstić information content (AvgIpc) is 2.14. The molecule has 1 aromatic rings. The predicted octanol–water partition coefficient (Wildman–Crippen LogP) is 2.93. The molecule has 0 bridgehead atoms. The molecule has 1 N–H and O–H groups in total. The molecule has 0 fully saturated rings. The fourth-order valence-electron chi connectivity index (χ4n) is 0.908. The molecule has 0 spiro atoms. The van der Waals surface area contributed by atoms with Gasteiger partial charge >= 0.3 is 0 Å². The SMILES string of the molecule is C=C(Cl)CNC(=O)c1cccc(Br)c1. The molecule has 0 aliphatic rings. The van der Waals surface area contributed by atoms with Crippen molar-refractivity contribution in [2.45, 2.75) is 0 Å². The highest BCUT2D eigenvalue weighted by atomic mass is 79.9. The molecule has 2 nitrogen and oxygen atoms in total. The van der Waals surface area contributed by atoms with Crippen molar-refractivity contribution in [2.24, 2.45) is 0 Å². The van der Waals surface area contributed by atoms with E-state index in [4.69, 9.17) is 11.6 Å². The third-order valence-corrected chi connectivity index (χ3v) is 2.15. The number of halogens is 2. The van der Waals surface area contributed by atoms with Crippen LogP contribution >= 0.6 is 27.5 Å². The van der Waals surface area contributed by atoms with Crippen molar-refractivity contribution in [2.75, 3.05) is 6.54 Å². The van der Waals surface area contributed by atoms with Gasteiger partial charge in [-0.05, 0) is 18.2 Å². The van der Waals surface area contributed by atoms with E-state index in [1.54, 1.807) is 18.2 Å². The van der Waals surface area contributed by atoms with Gasteiger partial charge in [0.1, 0.15) is 0 Å². The Bertz CT molecular complexity index is 365. The predicted molar refractivity (Wildman–Crippen MR) is 61.5 cm³/mol. The van der Waals surface area contributed by atoms with Gasteiger partial charge in [0.2, 0.25) is 0 Å². The molecule has 1 aromatic carbocycles. The maximum Gasteiger partial charge on any atom is 0.251 e. The first kappa shape index (κ1) is 11.3. The summed E-state index contributed by atoms with van der Waals surface area (Å²) in [6.07, 6.45) is 0. The number of benzene rings is 1. The van der Waals surface area contributed by atoms with Crippen LogP contribution in [0.15, 0.2) is 40.3 Å². The lowest BCUT2D eigenvalue weighted by atomic mass is 10.2. The van der Waals surface area contributed by atoms with Gasteiger partial charge in [0.05, 0.1) is 6.54 Å². The van der Waals surface area contributed by atoms with Gasteiger partial charge < -0.3 is 5.32 Å². The molecule has 0 unspecified atom stereocenters. The number of nitrogens with one attached hydrogen (secondary N) is 1. The van der Waals surface area contributed by atoms with Crippen molar-refractivity contribution < 1.29 is 4.79 Å². The Morgan fingerprint density at radius 1 is 1.57 bits per heavy atom. The first-order valence-electron chi connectivity index (χ1n) is 3.96. The van der Waals surface area contributed by atoms with Crippen LogP contribution in [0.2, 0.25) is 0 Å². The van der Waals surface area contributed by atoms with E-state index in [9.17, 15) is 4.79 Å². The molecule has 74 valence electrons. The van der Waals surface area contributed by atoms with Crippen molar-refractivity contribution >= 4 is 33.4 Å². The third kappa shape index (κ3) is 3.52. The molecule has 0 atom stereocenters. The number of rotatable bonds is 3. The van der Waals surface area contributed by atoms with E-state index in [0.29, 0.717) is 10.6 Å². The van der Waals surface area contributed by atoms with Gasteiger partial charge in [0.15, 0.2) is 0 Å². The van der Waals surface area contributed by atoms with Crippen LogP contribution in [0.3, 0.4) is 0 Å². The molecular weight excluding hydrogens is 265 g/mol. The van der Waals surface area contributed by atoms with Crippen LogP contribution in [0, 0.1) is 0 Å². The number of carbonyl (C=O) groups is 1. The maximum absolute atomic E-state index is 11.5. The highest BCUT2D eigenvalue weighted by Crippen LogP contribution is 2.11. The lowest BCUT2D eigenvalue weighted by Gasteiger charge is -2.03. The first-order valence-corrected chi connectivity index (χ1v) is 5.14. The molecule has 0 heterocycles. The summed E-state index contributed by atoms with van der Waals surface area (Å²) in [4.78, 5) is 11.5. The second kappa shape index (κ2) is 5.17. The zero-order valence-electron chi connectivity index (χ0n) is 7.39. The van der Waals surface area contributed by atoms with Gasteiger partial charge in [-0.25, -0.2) is 0 Å². The standard InChI is InChI=1S/C10H9BrClNO/c1-7(12)6-13-10(14)8-3-2-4-9(11)5-8/h2-5H,1,6H2,(H,13,14). The molecule has 1 amide bonds. The summed E-state index contributed by atoms with van der Waals surface area (Å²) in [6, 6.07) is 7.13. The number of amides is 1. The quantitative estimate of drug-likeness (QED) is 0.902. The Morgan fingerprint density at radius 3 is 2.86 bits per heavy atom. The molecular formula is C10H9BrClNO. The van der Waals surface area contributed by atoms with Crippen LogP contribution < -0.4 is 5.32 Å². The van der Waals surface area contributed by atoms with Gasteiger partial charge in [0, 0.05) is 15.1 Å². The van der Waals surface area contributed by atoms with E-state index in [-0.39, 0.29) is 12.5 Å². The van der Waals surface area contributed by atoms with Crippen molar-refractivity contribution in [1.82, 2.24) is 5.32 Å². The molecule has 1 rings (SSSR count). The summed E-state index contributed by atoms with van der Waals surface area (Å²) in [5.41, 5.74) is 0.595. The van der Waals surface area contributed by atoms with Crippen molar-refractivity contribution in [1.29, 1.82) is 0 Å². The zero-order chi connectivity index (χ0) is 10.6. The van der Waals surface area contributed by atoms with Crippen LogP contribution in [0.4, 0.5) is 0 Å². The first-order chi connectivity index (χ1) is 6.59. The minimum Gasteiger partial charge on any atom is -0.347 e. The molecule has 0 saturated carbocycles. The van der Waals surface area contributed by atoms with E-state index in [2.05, 4.69) is 27.8 Å². The maximum atomic E-state index is 11.5.